The third-order valence-electron chi connectivity index (χ3n) is 27.2. The van der Waals surface area contributed by atoms with Crippen LogP contribution in [0.3, 0.4) is 0 Å². The largest absolute Gasteiger partial charge is 0.393 e. The molecule has 458 valence electrons. The number of rotatable bonds is 6. The van der Waals surface area contributed by atoms with Crippen molar-refractivity contribution in [2.24, 2.45) is 92.7 Å². The second-order valence-corrected chi connectivity index (χ2v) is 30.7. The predicted molar refractivity (Wildman–Crippen MR) is 333 cm³/mol. The van der Waals surface area contributed by atoms with Gasteiger partial charge in [-0.25, -0.2) is 0 Å². The van der Waals surface area contributed by atoms with Gasteiger partial charge in [0, 0.05) is 125 Å². The molecular weight excluding hydrogens is 1490 g/mol. The molecule has 2 amide bonds. The van der Waals surface area contributed by atoms with Crippen LogP contribution in [-0.4, -0.2) is 46.4 Å². The molecule has 2 radical (unpaired) electrons. The van der Waals surface area contributed by atoms with E-state index < -0.39 is 0 Å². The van der Waals surface area contributed by atoms with E-state index in [1.807, 2.05) is 0 Å². The summed E-state index contributed by atoms with van der Waals surface area (Å²) in [5, 5.41) is 31.8. The van der Waals surface area contributed by atoms with E-state index in [9.17, 15) is 19.8 Å². The van der Waals surface area contributed by atoms with E-state index >= 15 is 0 Å². The number of ether oxygens (including phenoxy) is 2. The molecule has 8 nitrogen and oxygen atoms in total. The molecule has 4 aromatic rings. The van der Waals surface area contributed by atoms with Crippen molar-refractivity contribution in [1.82, 2.24) is 10.6 Å². The molecule has 0 spiro atoms. The normalized spacial score (nSPS) is 42.1. The van der Waals surface area contributed by atoms with Gasteiger partial charge in [0.1, 0.15) is 0 Å². The van der Waals surface area contributed by atoms with Crippen molar-refractivity contribution in [3.05, 3.63) is 143 Å². The van der Waals surface area contributed by atoms with Crippen molar-refractivity contribution in [2.75, 3.05) is 0 Å². The molecule has 14 heterocycles. The third-order valence-corrected chi connectivity index (χ3v) is 27.2. The zero-order chi connectivity index (χ0) is 58.1. The Morgan fingerprint density at radius 1 is 0.453 bits per heavy atom. The van der Waals surface area contributed by atoms with Crippen molar-refractivity contribution in [3.63, 3.8) is 0 Å². The Labute approximate surface area is 588 Å². The second kappa shape index (κ2) is 27.2. The minimum Gasteiger partial charge on any atom is -0.393 e. The monoisotopic (exact) mass is 1590 g/mol. The van der Waals surface area contributed by atoms with Crippen LogP contribution in [-0.2, 0) is 45.4 Å². The van der Waals surface area contributed by atoms with Gasteiger partial charge in [0.25, 0.3) is 0 Å². The quantitative estimate of drug-likeness (QED) is 0.153. The number of aliphatic hydroxyl groups is 2. The minimum absolute atomic E-state index is 0. The fourth-order valence-corrected chi connectivity index (χ4v) is 22.4. The average Bonchev–Trinajstić information content (AvgIpc) is 1.31. The summed E-state index contributed by atoms with van der Waals surface area (Å²) in [4.78, 5) is 27.7. The van der Waals surface area contributed by atoms with Crippen LogP contribution in [0.15, 0.2) is 109 Å². The molecule has 4 aromatic carbocycles. The summed E-state index contributed by atoms with van der Waals surface area (Å²) >= 11 is 0. The number of carbonyl (C=O) groups is 2. The van der Waals surface area contributed by atoms with E-state index in [4.69, 9.17) is 9.47 Å². The number of nitrogens with one attached hydrogen (secondary N) is 2. The van der Waals surface area contributed by atoms with Gasteiger partial charge in [0.05, 0.1) is 37.6 Å². The number of hydrogen-bond donors (Lipinski definition) is 4. The SMILES string of the molecule is CC1CCC(=O)NCc2ccc(cc2)[C@@H]2CCC3(C)C(CC(O)C4C3CC(OCc3ccccc3)C3(C)[C@H](CC[C@@H]43)C(C)CCC(=O)NCc3ccc(cc3)[C@H]3CCC4(C)C(CC(O)C5C4CC(OCc4ccccc4)C4(C)C1CCC54)C3)C2.[Ac].[Ac]. The van der Waals surface area contributed by atoms with Gasteiger partial charge in [0.15, 0.2) is 0 Å². The van der Waals surface area contributed by atoms with E-state index in [0.29, 0.717) is 110 Å². The zero-order valence-electron chi connectivity index (χ0n) is 53.0. The van der Waals surface area contributed by atoms with Crippen LogP contribution in [0.4, 0.5) is 0 Å². The van der Waals surface area contributed by atoms with Crippen LogP contribution in [0.2, 0.25) is 0 Å². The first-order valence-corrected chi connectivity index (χ1v) is 33.9. The minimum atomic E-state index is -0.327. The van der Waals surface area contributed by atoms with Crippen LogP contribution >= 0.6 is 0 Å². The number of benzene rings is 4. The number of hydrogen-bond acceptors (Lipinski definition) is 6. The molecule has 14 aliphatic heterocycles. The summed E-state index contributed by atoms with van der Waals surface area (Å²) in [6.07, 6.45) is 17.2. The summed E-state index contributed by atoms with van der Waals surface area (Å²) < 4.78 is 14.6. The molecule has 8 fully saturated rings. The molecule has 4 N–H and O–H groups in total. The topological polar surface area (TPSA) is 117 Å². The number of carbonyl (C=O) groups excluding carboxylic acids is 2. The third kappa shape index (κ3) is 12.4. The smallest absolute Gasteiger partial charge is 0.220 e. The first kappa shape index (κ1) is 66.0. The molecule has 18 unspecified atom stereocenters. The second-order valence-electron chi connectivity index (χ2n) is 30.7. The standard InChI is InChI=1S/C76H102N2O6.2Ac/c1-47-17-31-69(81)77-43-49-19-23-53(24-20-49)56-34-36-74(4)58(38-56)40-66(80)72-62-30-28-60(76(62,6)68(42-64(72)74)84-46-52-15-11-8-12-16-52)48(2)18-32-70(82)78-44-50-21-25-54(26-22-50)55-33-35-73(3)57(37-55)39-65(79)71-61-29-27-59(47)75(61,5)67(41-63(71)73)83-45-51-13-9-7-10-14-51;;/h7-16,19-26,47-48,55-68,71-72,79-80H,17-18,27-46H2,1-6H3,(H,77,81)(H,78,82);;/t47?,48?,55-,56+,57?,58?,59-,60?,61+,62?,63?,64?,65?,66?,67?,68?,71?,72?,73?,74?,75?,76?;;/m1../s1. The van der Waals surface area contributed by atoms with Crippen molar-refractivity contribution in [2.45, 2.75) is 220 Å². The Morgan fingerprint density at radius 3 is 1.21 bits per heavy atom. The van der Waals surface area contributed by atoms with Crippen molar-refractivity contribution in [3.8, 4) is 0 Å². The maximum atomic E-state index is 13.8. The van der Waals surface area contributed by atoms with Crippen molar-refractivity contribution < 1.29 is 117 Å². The fourth-order valence-electron chi connectivity index (χ4n) is 22.4. The van der Waals surface area contributed by atoms with Gasteiger partial charge in [0.2, 0.25) is 11.8 Å². The Hall–Kier alpha value is -1.46. The van der Waals surface area contributed by atoms with Crippen LogP contribution in [0, 0.1) is 181 Å². The molecule has 20 bridgehead atoms. The van der Waals surface area contributed by atoms with E-state index in [1.165, 1.54) is 22.3 Å². The summed E-state index contributed by atoms with van der Waals surface area (Å²) in [7, 11) is 0. The molecular formula is C76H102Ac2N2O6. The van der Waals surface area contributed by atoms with E-state index in [0.717, 1.165) is 114 Å². The van der Waals surface area contributed by atoms with E-state index in [1.54, 1.807) is 0 Å². The van der Waals surface area contributed by atoms with E-state index in [2.05, 4.69) is 161 Å². The molecule has 8 aliphatic carbocycles. The Kier molecular flexibility index (Phi) is 20.9. The maximum absolute atomic E-state index is 13.8. The van der Waals surface area contributed by atoms with Gasteiger partial charge in [-0.2, -0.15) is 0 Å². The number of amides is 2. The molecule has 0 aromatic heterocycles. The van der Waals surface area contributed by atoms with Gasteiger partial charge >= 0.3 is 0 Å². The molecule has 86 heavy (non-hydrogen) atoms. The molecule has 22 atom stereocenters. The van der Waals surface area contributed by atoms with Gasteiger partial charge in [-0.15, -0.1) is 0 Å². The van der Waals surface area contributed by atoms with Crippen LogP contribution in [0.25, 0.3) is 0 Å². The van der Waals surface area contributed by atoms with Crippen LogP contribution < -0.4 is 10.6 Å². The maximum Gasteiger partial charge on any atom is 0.220 e. The first-order chi connectivity index (χ1) is 40.5. The van der Waals surface area contributed by atoms with Crippen LogP contribution in [0.1, 0.15) is 202 Å². The van der Waals surface area contributed by atoms with Crippen molar-refractivity contribution in [1.29, 1.82) is 0 Å². The summed E-state index contributed by atoms with van der Waals surface area (Å²) in [6.45, 7) is 17.3. The summed E-state index contributed by atoms with van der Waals surface area (Å²) in [6, 6.07) is 39.7. The molecule has 22 aliphatic rings. The molecule has 10 heteroatoms. The van der Waals surface area contributed by atoms with Gasteiger partial charge in [-0.1, -0.05) is 151 Å². The molecule has 26 rings (SSSR count). The van der Waals surface area contributed by atoms with Gasteiger partial charge < -0.3 is 30.3 Å². The average molecular weight is 1590 g/mol. The fraction of sp³-hybridized carbons (Fsp3) is 0.658. The van der Waals surface area contributed by atoms with Gasteiger partial charge in [-0.05, 0) is 230 Å². The van der Waals surface area contributed by atoms with Gasteiger partial charge in [-0.3, -0.25) is 9.59 Å². The molecule has 0 saturated heterocycles. The Bertz CT molecular complexity index is 2730. The van der Waals surface area contributed by atoms with Crippen molar-refractivity contribution >= 4 is 11.8 Å². The number of aliphatic hydroxyl groups excluding tert-OH is 2. The zero-order valence-corrected chi connectivity index (χ0v) is 62.5. The Morgan fingerprint density at radius 2 is 0.826 bits per heavy atom. The van der Waals surface area contributed by atoms with E-state index in [-0.39, 0.29) is 158 Å². The summed E-state index contributed by atoms with van der Waals surface area (Å²) in [5.74, 6) is 5.58. The first-order valence-electron chi connectivity index (χ1n) is 33.9. The summed E-state index contributed by atoms with van der Waals surface area (Å²) in [5.41, 5.74) is 7.53. The Balaban J connectivity index is 0.00000384. The van der Waals surface area contributed by atoms with Crippen LogP contribution in [0.5, 0.6) is 0 Å². The predicted octanol–water partition coefficient (Wildman–Crippen LogP) is 15.3. The molecule has 8 saturated carbocycles.